The van der Waals surface area contributed by atoms with Gasteiger partial charge in [-0.2, -0.15) is 0 Å². The smallest absolute Gasteiger partial charge is 0.236 e. The summed E-state index contributed by atoms with van der Waals surface area (Å²) in [7, 11) is 0. The molecule has 106 valence electrons. The molecule has 0 spiro atoms. The Balaban J connectivity index is 2.54. The fourth-order valence-corrected chi connectivity index (χ4v) is 2.25. The summed E-state index contributed by atoms with van der Waals surface area (Å²) in [6.45, 7) is 12.5. The lowest BCUT2D eigenvalue weighted by atomic mass is 10.00. The molecular formula is C13H27N3O2. The summed E-state index contributed by atoms with van der Waals surface area (Å²) < 4.78 is 5.73. The first-order valence-corrected chi connectivity index (χ1v) is 6.66. The lowest BCUT2D eigenvalue weighted by Crippen LogP contribution is -2.59. The fraction of sp³-hybridized carbons (Fsp3) is 0.923. The number of hydrogen-bond donors (Lipinski definition) is 2. The van der Waals surface area contributed by atoms with E-state index in [0.29, 0.717) is 6.54 Å². The summed E-state index contributed by atoms with van der Waals surface area (Å²) in [6.07, 6.45) is 0.467. The Bertz CT molecular complexity index is 282. The molecule has 1 saturated heterocycles. The molecule has 0 aromatic rings. The number of nitrogens with two attached hydrogens (primary N) is 1. The molecule has 3 N–H and O–H groups in total. The van der Waals surface area contributed by atoms with Crippen LogP contribution in [-0.2, 0) is 9.53 Å². The van der Waals surface area contributed by atoms with Gasteiger partial charge in [-0.15, -0.1) is 0 Å². The van der Waals surface area contributed by atoms with Crippen LogP contribution in [-0.4, -0.2) is 54.2 Å². The normalized spacial score (nSPS) is 27.9. The predicted octanol–water partition coefficient (Wildman–Crippen LogP) is 0.338. The molecule has 1 heterocycles. The predicted molar refractivity (Wildman–Crippen MR) is 72.3 cm³/mol. The van der Waals surface area contributed by atoms with Gasteiger partial charge in [0.1, 0.15) is 0 Å². The minimum Gasteiger partial charge on any atom is -0.373 e. The molecule has 2 unspecified atom stereocenters. The van der Waals surface area contributed by atoms with E-state index in [4.69, 9.17) is 10.5 Å². The maximum Gasteiger partial charge on any atom is 0.236 e. The summed E-state index contributed by atoms with van der Waals surface area (Å²) >= 11 is 0. The van der Waals surface area contributed by atoms with Crippen molar-refractivity contribution in [3.05, 3.63) is 0 Å². The molecule has 0 saturated carbocycles. The van der Waals surface area contributed by atoms with Gasteiger partial charge in [0.2, 0.25) is 5.91 Å². The molecule has 1 aliphatic heterocycles. The number of nitrogens with zero attached hydrogens (tertiary/aromatic N) is 1. The first-order chi connectivity index (χ1) is 8.22. The number of rotatable bonds is 4. The van der Waals surface area contributed by atoms with E-state index in [1.165, 1.54) is 0 Å². The highest BCUT2D eigenvalue weighted by atomic mass is 16.5. The van der Waals surface area contributed by atoms with Gasteiger partial charge in [-0.05, 0) is 34.6 Å². The zero-order valence-electron chi connectivity index (χ0n) is 12.2. The van der Waals surface area contributed by atoms with Gasteiger partial charge in [0.25, 0.3) is 0 Å². The van der Waals surface area contributed by atoms with Crippen molar-refractivity contribution in [1.29, 1.82) is 0 Å². The van der Waals surface area contributed by atoms with Crippen molar-refractivity contribution in [3.8, 4) is 0 Å². The highest BCUT2D eigenvalue weighted by Crippen LogP contribution is 2.20. The Morgan fingerprint density at radius 1 is 1.44 bits per heavy atom. The number of amides is 1. The Labute approximate surface area is 110 Å². The first kappa shape index (κ1) is 15.4. The highest BCUT2D eigenvalue weighted by Gasteiger charge is 2.33. The third kappa shape index (κ3) is 4.23. The van der Waals surface area contributed by atoms with Crippen molar-refractivity contribution in [3.63, 3.8) is 0 Å². The summed E-state index contributed by atoms with van der Waals surface area (Å²) in [5.41, 5.74) is 5.46. The molecule has 0 radical (unpaired) electrons. The molecular weight excluding hydrogens is 230 g/mol. The van der Waals surface area contributed by atoms with Crippen molar-refractivity contribution in [2.45, 2.75) is 58.4 Å². The van der Waals surface area contributed by atoms with E-state index >= 15 is 0 Å². The van der Waals surface area contributed by atoms with E-state index in [2.05, 4.69) is 37.9 Å². The summed E-state index contributed by atoms with van der Waals surface area (Å²) in [6, 6.07) is -0.455. The van der Waals surface area contributed by atoms with Gasteiger partial charge in [0.15, 0.2) is 0 Å². The molecule has 0 aromatic heterocycles. The van der Waals surface area contributed by atoms with Crippen molar-refractivity contribution in [2.75, 3.05) is 19.6 Å². The van der Waals surface area contributed by atoms with Crippen LogP contribution in [0.1, 0.15) is 34.6 Å². The average molecular weight is 257 g/mol. The average Bonchev–Trinajstić information content (AvgIpc) is 2.24. The van der Waals surface area contributed by atoms with Gasteiger partial charge in [-0.25, -0.2) is 0 Å². The zero-order valence-corrected chi connectivity index (χ0v) is 12.2. The number of nitrogens with one attached hydrogen (secondary N) is 1. The quantitative estimate of drug-likeness (QED) is 0.762. The topological polar surface area (TPSA) is 67.6 Å². The van der Waals surface area contributed by atoms with Gasteiger partial charge < -0.3 is 15.8 Å². The van der Waals surface area contributed by atoms with E-state index in [1.807, 2.05) is 0 Å². The van der Waals surface area contributed by atoms with E-state index in [9.17, 15) is 4.79 Å². The second kappa shape index (κ2) is 5.99. The van der Waals surface area contributed by atoms with Crippen molar-refractivity contribution in [2.24, 2.45) is 5.73 Å². The van der Waals surface area contributed by atoms with Crippen LogP contribution < -0.4 is 11.1 Å². The molecule has 1 fully saturated rings. The third-order valence-corrected chi connectivity index (χ3v) is 3.38. The lowest BCUT2D eigenvalue weighted by Gasteiger charge is -2.45. The molecule has 18 heavy (non-hydrogen) atoms. The first-order valence-electron chi connectivity index (χ1n) is 6.66. The standard InChI is InChI=1S/C13H27N3O2/c1-9-6-16(7-10(2)18-9)13(4,5)8-15-12(17)11(3)14/h9-11H,6-8,14H2,1-5H3,(H,15,17)/t9?,10?,11-/m1/s1. The molecule has 1 amide bonds. The van der Waals surface area contributed by atoms with E-state index in [0.717, 1.165) is 13.1 Å². The number of hydrogen-bond acceptors (Lipinski definition) is 4. The van der Waals surface area contributed by atoms with Crippen LogP contribution in [0.15, 0.2) is 0 Å². The molecule has 0 aromatic carbocycles. The molecule has 1 rings (SSSR count). The van der Waals surface area contributed by atoms with E-state index in [1.54, 1.807) is 6.92 Å². The highest BCUT2D eigenvalue weighted by molar-refractivity contribution is 5.81. The number of carbonyl (C=O) groups excluding carboxylic acids is 1. The largest absolute Gasteiger partial charge is 0.373 e. The van der Waals surface area contributed by atoms with Crippen LogP contribution in [0.5, 0.6) is 0 Å². The Morgan fingerprint density at radius 3 is 2.39 bits per heavy atom. The molecule has 0 aliphatic carbocycles. The minimum absolute atomic E-state index is 0.0865. The maximum atomic E-state index is 11.5. The van der Waals surface area contributed by atoms with Crippen LogP contribution >= 0.6 is 0 Å². The fourth-order valence-electron chi connectivity index (χ4n) is 2.25. The van der Waals surface area contributed by atoms with Crippen LogP contribution in [0.25, 0.3) is 0 Å². The van der Waals surface area contributed by atoms with Crippen molar-refractivity contribution >= 4 is 5.91 Å². The molecule has 0 bridgehead atoms. The molecule has 3 atom stereocenters. The maximum absolute atomic E-state index is 11.5. The van der Waals surface area contributed by atoms with Gasteiger partial charge >= 0.3 is 0 Å². The zero-order chi connectivity index (χ0) is 13.9. The van der Waals surface area contributed by atoms with E-state index in [-0.39, 0.29) is 23.7 Å². The molecule has 1 aliphatic rings. The third-order valence-electron chi connectivity index (χ3n) is 3.38. The summed E-state index contributed by atoms with van der Waals surface area (Å²) in [4.78, 5) is 13.9. The van der Waals surface area contributed by atoms with Gasteiger partial charge in [-0.3, -0.25) is 9.69 Å². The van der Waals surface area contributed by atoms with Crippen LogP contribution in [0.4, 0.5) is 0 Å². The lowest BCUT2D eigenvalue weighted by molar-refractivity contribution is -0.123. The Hall–Kier alpha value is -0.650. The van der Waals surface area contributed by atoms with Crippen molar-refractivity contribution in [1.82, 2.24) is 10.2 Å². The molecule has 5 heteroatoms. The Kier molecular flexibility index (Phi) is 5.13. The number of ether oxygens (including phenoxy) is 1. The summed E-state index contributed by atoms with van der Waals surface area (Å²) in [5, 5.41) is 2.90. The minimum atomic E-state index is -0.455. The van der Waals surface area contributed by atoms with Gasteiger partial charge in [0, 0.05) is 25.2 Å². The SMILES string of the molecule is CC1CN(C(C)(C)CNC(=O)[C@@H](C)N)CC(C)O1. The summed E-state index contributed by atoms with van der Waals surface area (Å²) in [5.74, 6) is -0.0996. The number of carbonyl (C=O) groups is 1. The van der Waals surface area contributed by atoms with Crippen molar-refractivity contribution < 1.29 is 9.53 Å². The van der Waals surface area contributed by atoms with E-state index < -0.39 is 6.04 Å². The second-order valence-corrected chi connectivity index (χ2v) is 5.98. The van der Waals surface area contributed by atoms with Gasteiger partial charge in [0.05, 0.1) is 18.2 Å². The monoisotopic (exact) mass is 257 g/mol. The van der Waals surface area contributed by atoms with Gasteiger partial charge in [-0.1, -0.05) is 0 Å². The van der Waals surface area contributed by atoms with Crippen LogP contribution in [0.2, 0.25) is 0 Å². The molecule has 5 nitrogen and oxygen atoms in total. The Morgan fingerprint density at radius 2 is 1.94 bits per heavy atom. The van der Waals surface area contributed by atoms with Crippen LogP contribution in [0, 0.1) is 0 Å². The van der Waals surface area contributed by atoms with Crippen LogP contribution in [0.3, 0.4) is 0 Å². The number of morpholine rings is 1. The second-order valence-electron chi connectivity index (χ2n) is 5.98.